The number of rotatable bonds is 3. The Morgan fingerprint density at radius 2 is 1.92 bits per heavy atom. The SMILES string of the molecule is O=C(N/N=C/c1cccnc1)C(=O)Nc1cccc(C(F)(F)F)c1. The highest BCUT2D eigenvalue weighted by Gasteiger charge is 2.30. The van der Waals surface area contributed by atoms with Crippen molar-refractivity contribution < 1.29 is 22.8 Å². The second-order valence-electron chi connectivity index (χ2n) is 4.52. The predicted octanol–water partition coefficient (Wildman–Crippen LogP) is 2.19. The van der Waals surface area contributed by atoms with Gasteiger partial charge < -0.3 is 5.32 Å². The zero-order valence-corrected chi connectivity index (χ0v) is 12.0. The minimum Gasteiger partial charge on any atom is -0.318 e. The topological polar surface area (TPSA) is 83.5 Å². The van der Waals surface area contributed by atoms with Crippen molar-refractivity contribution in [3.63, 3.8) is 0 Å². The van der Waals surface area contributed by atoms with E-state index in [4.69, 9.17) is 0 Å². The van der Waals surface area contributed by atoms with Crippen LogP contribution in [0.5, 0.6) is 0 Å². The van der Waals surface area contributed by atoms with E-state index in [9.17, 15) is 22.8 Å². The lowest BCUT2D eigenvalue weighted by molar-refractivity contribution is -0.137. The number of nitrogens with one attached hydrogen (secondary N) is 2. The van der Waals surface area contributed by atoms with Crippen molar-refractivity contribution in [1.82, 2.24) is 10.4 Å². The quantitative estimate of drug-likeness (QED) is 0.512. The lowest BCUT2D eigenvalue weighted by atomic mass is 10.2. The van der Waals surface area contributed by atoms with Crippen molar-refractivity contribution in [2.45, 2.75) is 6.18 Å². The van der Waals surface area contributed by atoms with E-state index in [0.717, 1.165) is 18.2 Å². The lowest BCUT2D eigenvalue weighted by Crippen LogP contribution is -2.32. The summed E-state index contributed by atoms with van der Waals surface area (Å²) in [4.78, 5) is 27.0. The summed E-state index contributed by atoms with van der Waals surface area (Å²) in [7, 11) is 0. The molecule has 0 bridgehead atoms. The molecular weight excluding hydrogens is 325 g/mol. The number of nitrogens with zero attached hydrogens (tertiary/aromatic N) is 2. The van der Waals surface area contributed by atoms with Gasteiger partial charge in [0.25, 0.3) is 0 Å². The lowest BCUT2D eigenvalue weighted by Gasteiger charge is -2.09. The van der Waals surface area contributed by atoms with E-state index < -0.39 is 23.6 Å². The van der Waals surface area contributed by atoms with Gasteiger partial charge in [-0.3, -0.25) is 14.6 Å². The number of carbonyl (C=O) groups is 2. The van der Waals surface area contributed by atoms with Crippen LogP contribution < -0.4 is 10.7 Å². The monoisotopic (exact) mass is 336 g/mol. The Kier molecular flexibility index (Phi) is 5.25. The molecule has 1 heterocycles. The van der Waals surface area contributed by atoms with Crippen LogP contribution in [-0.2, 0) is 15.8 Å². The Balaban J connectivity index is 1.95. The van der Waals surface area contributed by atoms with Gasteiger partial charge in [0.2, 0.25) is 0 Å². The summed E-state index contributed by atoms with van der Waals surface area (Å²) in [5.41, 5.74) is 1.47. The molecule has 2 amide bonds. The smallest absolute Gasteiger partial charge is 0.318 e. The molecule has 0 aliphatic rings. The molecule has 0 atom stereocenters. The molecule has 24 heavy (non-hydrogen) atoms. The first-order valence-corrected chi connectivity index (χ1v) is 6.58. The van der Waals surface area contributed by atoms with E-state index >= 15 is 0 Å². The molecule has 6 nitrogen and oxygen atoms in total. The van der Waals surface area contributed by atoms with Crippen LogP contribution in [0.1, 0.15) is 11.1 Å². The number of halogens is 3. The van der Waals surface area contributed by atoms with E-state index in [1.807, 2.05) is 5.43 Å². The van der Waals surface area contributed by atoms with E-state index in [1.54, 1.807) is 18.3 Å². The van der Waals surface area contributed by atoms with Gasteiger partial charge in [-0.1, -0.05) is 12.1 Å². The normalized spacial score (nSPS) is 11.3. The maximum Gasteiger partial charge on any atom is 0.416 e. The summed E-state index contributed by atoms with van der Waals surface area (Å²) in [6.45, 7) is 0. The summed E-state index contributed by atoms with van der Waals surface area (Å²) in [6.07, 6.45) is -0.240. The van der Waals surface area contributed by atoms with Crippen LogP contribution in [0.15, 0.2) is 53.9 Å². The molecule has 0 unspecified atom stereocenters. The highest BCUT2D eigenvalue weighted by Crippen LogP contribution is 2.30. The third-order valence-corrected chi connectivity index (χ3v) is 2.72. The molecule has 0 saturated carbocycles. The van der Waals surface area contributed by atoms with Gasteiger partial charge in [-0.2, -0.15) is 18.3 Å². The number of carbonyl (C=O) groups excluding carboxylic acids is 2. The van der Waals surface area contributed by atoms with Crippen LogP contribution in [0.3, 0.4) is 0 Å². The summed E-state index contributed by atoms with van der Waals surface area (Å²) in [6, 6.07) is 7.27. The fourth-order valence-electron chi connectivity index (χ4n) is 1.63. The number of benzene rings is 1. The van der Waals surface area contributed by atoms with Gasteiger partial charge in [0.15, 0.2) is 0 Å². The first-order chi connectivity index (χ1) is 11.4. The number of hydrogen-bond donors (Lipinski definition) is 2. The highest BCUT2D eigenvalue weighted by molar-refractivity contribution is 6.39. The van der Waals surface area contributed by atoms with Crippen molar-refractivity contribution in [2.24, 2.45) is 5.10 Å². The number of hydrazone groups is 1. The molecule has 0 spiro atoms. The van der Waals surface area contributed by atoms with E-state index in [1.165, 1.54) is 18.5 Å². The Bertz CT molecular complexity index is 761. The van der Waals surface area contributed by atoms with Crippen LogP contribution in [0.4, 0.5) is 18.9 Å². The fourth-order valence-corrected chi connectivity index (χ4v) is 1.63. The molecule has 1 aromatic carbocycles. The van der Waals surface area contributed by atoms with Gasteiger partial charge in [0.05, 0.1) is 11.8 Å². The van der Waals surface area contributed by atoms with Crippen molar-refractivity contribution in [1.29, 1.82) is 0 Å². The molecule has 9 heteroatoms. The summed E-state index contributed by atoms with van der Waals surface area (Å²) >= 11 is 0. The molecular formula is C15H11F3N4O2. The fraction of sp³-hybridized carbons (Fsp3) is 0.0667. The van der Waals surface area contributed by atoms with E-state index in [2.05, 4.69) is 15.4 Å². The van der Waals surface area contributed by atoms with E-state index in [-0.39, 0.29) is 5.69 Å². The first-order valence-electron chi connectivity index (χ1n) is 6.58. The Hall–Kier alpha value is -3.23. The van der Waals surface area contributed by atoms with Gasteiger partial charge in [-0.25, -0.2) is 5.43 Å². The molecule has 0 radical (unpaired) electrons. The number of aromatic nitrogens is 1. The zero-order valence-electron chi connectivity index (χ0n) is 12.0. The molecule has 0 aliphatic carbocycles. The van der Waals surface area contributed by atoms with Crippen molar-refractivity contribution >= 4 is 23.7 Å². The maximum absolute atomic E-state index is 12.6. The third-order valence-electron chi connectivity index (χ3n) is 2.72. The van der Waals surface area contributed by atoms with Gasteiger partial charge >= 0.3 is 18.0 Å². The Morgan fingerprint density at radius 3 is 2.58 bits per heavy atom. The highest BCUT2D eigenvalue weighted by atomic mass is 19.4. The van der Waals surface area contributed by atoms with Gasteiger partial charge in [-0.05, 0) is 24.3 Å². The molecule has 0 aliphatic heterocycles. The largest absolute Gasteiger partial charge is 0.416 e. The average Bonchev–Trinajstić information content (AvgIpc) is 2.55. The average molecular weight is 336 g/mol. The van der Waals surface area contributed by atoms with Crippen molar-refractivity contribution in [3.05, 3.63) is 59.9 Å². The van der Waals surface area contributed by atoms with Gasteiger partial charge in [0.1, 0.15) is 0 Å². The minimum atomic E-state index is -4.54. The molecule has 1 aromatic heterocycles. The zero-order chi connectivity index (χ0) is 17.6. The maximum atomic E-state index is 12.6. The standard InChI is InChI=1S/C15H11F3N4O2/c16-15(17,18)11-4-1-5-12(7-11)21-13(23)14(24)22-20-9-10-3-2-6-19-8-10/h1-9H,(H,21,23)(H,22,24)/b20-9+. The van der Waals surface area contributed by atoms with Crippen LogP contribution in [0.25, 0.3) is 0 Å². The summed E-state index contributed by atoms with van der Waals surface area (Å²) in [5.74, 6) is -2.26. The van der Waals surface area contributed by atoms with Crippen molar-refractivity contribution in [2.75, 3.05) is 5.32 Å². The molecule has 124 valence electrons. The van der Waals surface area contributed by atoms with Gasteiger partial charge in [-0.15, -0.1) is 0 Å². The molecule has 0 fully saturated rings. The third kappa shape index (κ3) is 4.90. The van der Waals surface area contributed by atoms with Crippen LogP contribution in [0.2, 0.25) is 0 Å². The molecule has 2 aromatic rings. The number of anilines is 1. The molecule has 2 rings (SSSR count). The predicted molar refractivity (Wildman–Crippen MR) is 80.0 cm³/mol. The van der Waals surface area contributed by atoms with Crippen LogP contribution in [-0.4, -0.2) is 23.0 Å². The van der Waals surface area contributed by atoms with Crippen LogP contribution >= 0.6 is 0 Å². The number of hydrogen-bond acceptors (Lipinski definition) is 4. The number of amides is 2. The Morgan fingerprint density at radius 1 is 1.12 bits per heavy atom. The van der Waals surface area contributed by atoms with E-state index in [0.29, 0.717) is 5.56 Å². The second kappa shape index (κ2) is 7.36. The van der Waals surface area contributed by atoms with Crippen molar-refractivity contribution in [3.8, 4) is 0 Å². The van der Waals surface area contributed by atoms with Gasteiger partial charge in [0, 0.05) is 23.6 Å². The molecule has 0 saturated heterocycles. The molecule has 2 N–H and O–H groups in total. The summed E-state index contributed by atoms with van der Waals surface area (Å²) < 4.78 is 37.7. The minimum absolute atomic E-state index is 0.152. The Labute approximate surface area is 134 Å². The number of alkyl halides is 3. The summed E-state index contributed by atoms with van der Waals surface area (Å²) in [5, 5.41) is 5.62. The first kappa shape index (κ1) is 17.1. The second-order valence-corrected chi connectivity index (χ2v) is 4.52. The van der Waals surface area contributed by atoms with Crippen LogP contribution in [0, 0.1) is 0 Å². The number of pyridine rings is 1.